The number of nitrogens with one attached hydrogen (secondary N) is 1. The van der Waals surface area contributed by atoms with Gasteiger partial charge in [0.2, 0.25) is 0 Å². The zero-order chi connectivity index (χ0) is 12.3. The molecule has 1 atom stereocenters. The maximum absolute atomic E-state index is 11.9. The number of halogens is 1. The number of likely N-dealkylation sites (tertiary alicyclic amines) is 1. The number of hydrogen-bond donors (Lipinski definition) is 1. The third-order valence-electron chi connectivity index (χ3n) is 3.10. The lowest BCUT2D eigenvalue weighted by Crippen LogP contribution is -2.39. The van der Waals surface area contributed by atoms with Gasteiger partial charge < -0.3 is 10.2 Å². The number of urea groups is 1. The third kappa shape index (κ3) is 2.91. The maximum atomic E-state index is 11.9. The van der Waals surface area contributed by atoms with Crippen LogP contribution >= 0.6 is 11.6 Å². The largest absolute Gasteiger partial charge is 0.331 e. The number of rotatable bonds is 2. The van der Waals surface area contributed by atoms with E-state index < -0.39 is 0 Å². The van der Waals surface area contributed by atoms with E-state index in [9.17, 15) is 4.79 Å². The monoisotopic (exact) mass is 252 g/mol. The fourth-order valence-electron chi connectivity index (χ4n) is 2.10. The molecule has 4 heteroatoms. The van der Waals surface area contributed by atoms with Crippen LogP contribution in [0.25, 0.3) is 0 Å². The summed E-state index contributed by atoms with van der Waals surface area (Å²) in [7, 11) is 0. The molecule has 0 radical (unpaired) electrons. The Kier molecular flexibility index (Phi) is 3.89. The summed E-state index contributed by atoms with van der Waals surface area (Å²) in [6.45, 7) is 3.68. The Morgan fingerprint density at radius 3 is 2.65 bits per heavy atom. The summed E-state index contributed by atoms with van der Waals surface area (Å²) in [5, 5.41) is 3.68. The molecule has 0 bridgehead atoms. The lowest BCUT2D eigenvalue weighted by Gasteiger charge is -2.21. The van der Waals surface area contributed by atoms with E-state index in [-0.39, 0.29) is 12.1 Å². The molecule has 3 nitrogen and oxygen atoms in total. The van der Waals surface area contributed by atoms with Gasteiger partial charge in [-0.3, -0.25) is 0 Å². The Morgan fingerprint density at radius 2 is 2.00 bits per heavy atom. The van der Waals surface area contributed by atoms with Crippen molar-refractivity contribution in [1.82, 2.24) is 10.2 Å². The number of carbonyl (C=O) groups excluding carboxylic acids is 1. The lowest BCUT2D eigenvalue weighted by molar-refractivity contribution is 0.205. The molecule has 1 N–H and O–H groups in total. The van der Waals surface area contributed by atoms with Gasteiger partial charge in [-0.05, 0) is 31.4 Å². The van der Waals surface area contributed by atoms with Crippen molar-refractivity contribution in [2.75, 3.05) is 13.1 Å². The number of carbonyl (C=O) groups is 1. The molecule has 1 aliphatic rings. The first-order chi connectivity index (χ1) is 8.18. The SMILES string of the molecule is CC(NC(=O)N1CCCC1)c1ccccc1Cl. The van der Waals surface area contributed by atoms with E-state index in [1.807, 2.05) is 36.1 Å². The van der Waals surface area contributed by atoms with Crippen molar-refractivity contribution in [3.63, 3.8) is 0 Å². The van der Waals surface area contributed by atoms with Gasteiger partial charge in [0.05, 0.1) is 6.04 Å². The molecule has 0 aliphatic carbocycles. The molecular weight excluding hydrogens is 236 g/mol. The van der Waals surface area contributed by atoms with Crippen molar-refractivity contribution in [1.29, 1.82) is 0 Å². The second-order valence-corrected chi connectivity index (χ2v) is 4.79. The highest BCUT2D eigenvalue weighted by Gasteiger charge is 2.20. The van der Waals surface area contributed by atoms with Gasteiger partial charge in [0.1, 0.15) is 0 Å². The highest BCUT2D eigenvalue weighted by molar-refractivity contribution is 6.31. The maximum Gasteiger partial charge on any atom is 0.317 e. The first kappa shape index (κ1) is 12.2. The molecule has 1 fully saturated rings. The van der Waals surface area contributed by atoms with Crippen LogP contribution in [0.4, 0.5) is 4.79 Å². The Labute approximate surface area is 107 Å². The molecule has 0 aromatic heterocycles. The average Bonchev–Trinajstić information content (AvgIpc) is 2.82. The Morgan fingerprint density at radius 1 is 1.35 bits per heavy atom. The van der Waals surface area contributed by atoms with Gasteiger partial charge >= 0.3 is 6.03 Å². The van der Waals surface area contributed by atoms with Gasteiger partial charge in [-0.25, -0.2) is 4.79 Å². The van der Waals surface area contributed by atoms with Crippen LogP contribution in [0.1, 0.15) is 31.4 Å². The number of nitrogens with zero attached hydrogens (tertiary/aromatic N) is 1. The van der Waals surface area contributed by atoms with Gasteiger partial charge in [0.15, 0.2) is 0 Å². The van der Waals surface area contributed by atoms with Crippen molar-refractivity contribution in [3.8, 4) is 0 Å². The van der Waals surface area contributed by atoms with Crippen molar-refractivity contribution >= 4 is 17.6 Å². The molecule has 2 rings (SSSR count). The number of benzene rings is 1. The molecule has 1 heterocycles. The first-order valence-electron chi connectivity index (χ1n) is 5.98. The van der Waals surface area contributed by atoms with Crippen LogP contribution in [0.3, 0.4) is 0 Å². The second kappa shape index (κ2) is 5.41. The predicted molar refractivity (Wildman–Crippen MR) is 69.2 cm³/mol. The lowest BCUT2D eigenvalue weighted by atomic mass is 10.1. The number of amides is 2. The van der Waals surface area contributed by atoms with Crippen LogP contribution in [0.15, 0.2) is 24.3 Å². The molecule has 1 aromatic rings. The third-order valence-corrected chi connectivity index (χ3v) is 3.45. The van der Waals surface area contributed by atoms with Crippen LogP contribution < -0.4 is 5.32 Å². The van der Waals surface area contributed by atoms with Crippen molar-refractivity contribution in [3.05, 3.63) is 34.9 Å². The quantitative estimate of drug-likeness (QED) is 0.861. The molecule has 1 aromatic carbocycles. The molecule has 1 unspecified atom stereocenters. The van der Waals surface area contributed by atoms with E-state index in [1.165, 1.54) is 0 Å². The molecule has 1 saturated heterocycles. The van der Waals surface area contributed by atoms with Crippen LogP contribution in [0.2, 0.25) is 5.02 Å². The summed E-state index contributed by atoms with van der Waals surface area (Å²) in [4.78, 5) is 13.8. The summed E-state index contributed by atoms with van der Waals surface area (Å²) >= 11 is 6.10. The van der Waals surface area contributed by atoms with Crippen molar-refractivity contribution in [2.24, 2.45) is 0 Å². The topological polar surface area (TPSA) is 32.3 Å². The van der Waals surface area contributed by atoms with Crippen molar-refractivity contribution < 1.29 is 4.79 Å². The molecule has 2 amide bonds. The normalized spacial score (nSPS) is 16.9. The van der Waals surface area contributed by atoms with E-state index >= 15 is 0 Å². The molecule has 0 saturated carbocycles. The minimum absolute atomic E-state index is 0.00918. The highest BCUT2D eigenvalue weighted by atomic mass is 35.5. The van der Waals surface area contributed by atoms with E-state index in [4.69, 9.17) is 11.6 Å². The van der Waals surface area contributed by atoms with Gasteiger partial charge in [0.25, 0.3) is 0 Å². The fourth-order valence-corrected chi connectivity index (χ4v) is 2.40. The smallest absolute Gasteiger partial charge is 0.317 e. The Bertz CT molecular complexity index is 402. The van der Waals surface area contributed by atoms with Gasteiger partial charge in [0, 0.05) is 18.1 Å². The second-order valence-electron chi connectivity index (χ2n) is 4.39. The number of hydrogen-bond acceptors (Lipinski definition) is 1. The molecule has 1 aliphatic heterocycles. The van der Waals surface area contributed by atoms with E-state index in [0.29, 0.717) is 5.02 Å². The molecule has 17 heavy (non-hydrogen) atoms. The molecule has 0 spiro atoms. The Balaban J connectivity index is 1.99. The van der Waals surface area contributed by atoms with E-state index in [1.54, 1.807) is 0 Å². The van der Waals surface area contributed by atoms with Gasteiger partial charge in [-0.2, -0.15) is 0 Å². The molecule has 92 valence electrons. The van der Waals surface area contributed by atoms with Crippen LogP contribution in [0, 0.1) is 0 Å². The van der Waals surface area contributed by atoms with Crippen LogP contribution in [-0.4, -0.2) is 24.0 Å². The van der Waals surface area contributed by atoms with Crippen molar-refractivity contribution in [2.45, 2.75) is 25.8 Å². The summed E-state index contributed by atoms with van der Waals surface area (Å²) < 4.78 is 0. The zero-order valence-electron chi connectivity index (χ0n) is 9.95. The summed E-state index contributed by atoms with van der Waals surface area (Å²) in [5.74, 6) is 0. The summed E-state index contributed by atoms with van der Waals surface area (Å²) in [5.41, 5.74) is 0.960. The fraction of sp³-hybridized carbons (Fsp3) is 0.462. The summed E-state index contributed by atoms with van der Waals surface area (Å²) in [6.07, 6.45) is 2.21. The van der Waals surface area contributed by atoms with E-state index in [0.717, 1.165) is 31.5 Å². The van der Waals surface area contributed by atoms with Gasteiger partial charge in [-0.15, -0.1) is 0 Å². The minimum atomic E-state index is -0.0585. The first-order valence-corrected chi connectivity index (χ1v) is 6.36. The summed E-state index contributed by atoms with van der Waals surface area (Å²) in [6, 6.07) is 7.56. The standard InChI is InChI=1S/C13H17ClN2O/c1-10(11-6-2-3-7-12(11)14)15-13(17)16-8-4-5-9-16/h2-3,6-7,10H,4-5,8-9H2,1H3,(H,15,17). The average molecular weight is 253 g/mol. The van der Waals surface area contributed by atoms with E-state index in [2.05, 4.69) is 5.32 Å². The minimum Gasteiger partial charge on any atom is -0.331 e. The molecular formula is C13H17ClN2O. The van der Waals surface area contributed by atoms with Gasteiger partial charge in [-0.1, -0.05) is 29.8 Å². The van der Waals surface area contributed by atoms with Crippen LogP contribution in [-0.2, 0) is 0 Å². The predicted octanol–water partition coefficient (Wildman–Crippen LogP) is 3.21. The zero-order valence-corrected chi connectivity index (χ0v) is 10.7. The Hall–Kier alpha value is -1.22. The van der Waals surface area contributed by atoms with Crippen LogP contribution in [0.5, 0.6) is 0 Å². The highest BCUT2D eigenvalue weighted by Crippen LogP contribution is 2.22.